The highest BCUT2D eigenvalue weighted by Crippen LogP contribution is 2.28. The maximum absolute atomic E-state index is 12.5. The molecule has 1 aliphatic rings. The molecule has 108 valence electrons. The fourth-order valence-corrected chi connectivity index (χ4v) is 3.63. The van der Waals surface area contributed by atoms with Crippen molar-refractivity contribution in [3.05, 3.63) is 21.9 Å². The van der Waals surface area contributed by atoms with Crippen LogP contribution in [0.15, 0.2) is 11.4 Å². The molecule has 4 heteroatoms. The van der Waals surface area contributed by atoms with Gasteiger partial charge in [-0.2, -0.15) is 0 Å². The van der Waals surface area contributed by atoms with E-state index in [9.17, 15) is 4.79 Å². The lowest BCUT2D eigenvalue weighted by Crippen LogP contribution is -2.42. The molecule has 1 saturated carbocycles. The second kappa shape index (κ2) is 6.92. The summed E-state index contributed by atoms with van der Waals surface area (Å²) in [4.78, 5) is 15.4. The first-order chi connectivity index (χ1) is 9.63. The van der Waals surface area contributed by atoms with E-state index in [0.717, 1.165) is 16.9 Å². The van der Waals surface area contributed by atoms with Gasteiger partial charge in [0.05, 0.1) is 17.0 Å². The van der Waals surface area contributed by atoms with E-state index in [1.165, 1.54) is 30.6 Å². The predicted molar refractivity (Wildman–Crippen MR) is 83.8 cm³/mol. The molecule has 0 radical (unpaired) electrons. The number of carbonyl (C=O) groups is 1. The molecule has 0 bridgehead atoms. The molecule has 0 aliphatic heterocycles. The third-order valence-electron chi connectivity index (χ3n) is 4.04. The average Bonchev–Trinajstić information content (AvgIpc) is 2.93. The molecule has 1 aromatic rings. The van der Waals surface area contributed by atoms with Crippen LogP contribution in [-0.2, 0) is 0 Å². The zero-order valence-electron chi connectivity index (χ0n) is 12.2. The molecular weight excluding hydrogens is 268 g/mol. The average molecular weight is 290 g/mol. The molecule has 2 atom stereocenters. The van der Waals surface area contributed by atoms with Crippen LogP contribution in [0.1, 0.15) is 47.8 Å². The number of carbonyl (C=O) groups excluding carboxylic acids is 1. The summed E-state index contributed by atoms with van der Waals surface area (Å²) in [5.74, 6) is 6.50. The molecular formula is C16H22N2OS. The van der Waals surface area contributed by atoms with Gasteiger partial charge in [0.15, 0.2) is 0 Å². The number of nitrogens with two attached hydrogens (primary N) is 1. The summed E-state index contributed by atoms with van der Waals surface area (Å²) in [5.41, 5.74) is 6.11. The monoisotopic (exact) mass is 290 g/mol. The Bertz CT molecular complexity index is 526. The van der Waals surface area contributed by atoms with E-state index in [1.54, 1.807) is 0 Å². The maximum atomic E-state index is 12.5. The van der Waals surface area contributed by atoms with Gasteiger partial charge in [0, 0.05) is 18.5 Å². The van der Waals surface area contributed by atoms with Crippen molar-refractivity contribution in [2.45, 2.75) is 38.6 Å². The lowest BCUT2D eigenvalue weighted by atomic mass is 9.85. The molecule has 20 heavy (non-hydrogen) atoms. The molecule has 1 heterocycles. The Morgan fingerprint density at radius 1 is 1.50 bits per heavy atom. The van der Waals surface area contributed by atoms with Crippen LogP contribution < -0.4 is 5.73 Å². The van der Waals surface area contributed by atoms with Crippen LogP contribution >= 0.6 is 11.3 Å². The van der Waals surface area contributed by atoms with Crippen LogP contribution in [0.25, 0.3) is 0 Å². The molecule has 2 unspecified atom stereocenters. The van der Waals surface area contributed by atoms with Crippen molar-refractivity contribution in [2.24, 2.45) is 11.7 Å². The fourth-order valence-electron chi connectivity index (χ4n) is 2.88. The van der Waals surface area contributed by atoms with Crippen molar-refractivity contribution in [1.29, 1.82) is 0 Å². The number of rotatable bonds is 2. The maximum Gasteiger partial charge on any atom is 0.254 e. The van der Waals surface area contributed by atoms with Crippen LogP contribution in [0.4, 0.5) is 0 Å². The van der Waals surface area contributed by atoms with E-state index in [1.807, 2.05) is 23.4 Å². The minimum Gasteiger partial charge on any atom is -0.338 e. The summed E-state index contributed by atoms with van der Waals surface area (Å²) in [5, 5.41) is 1.90. The minimum absolute atomic E-state index is 0.112. The van der Waals surface area contributed by atoms with E-state index in [2.05, 4.69) is 18.8 Å². The van der Waals surface area contributed by atoms with Gasteiger partial charge >= 0.3 is 0 Å². The smallest absolute Gasteiger partial charge is 0.254 e. The summed E-state index contributed by atoms with van der Waals surface area (Å²) in [7, 11) is 1.93. The summed E-state index contributed by atoms with van der Waals surface area (Å²) >= 11 is 1.51. The van der Waals surface area contributed by atoms with Crippen LogP contribution in [0.5, 0.6) is 0 Å². The molecule has 0 aromatic carbocycles. The number of hydrogen-bond acceptors (Lipinski definition) is 3. The minimum atomic E-state index is 0.112. The summed E-state index contributed by atoms with van der Waals surface area (Å²) in [6.45, 7) is 2.60. The largest absolute Gasteiger partial charge is 0.338 e. The van der Waals surface area contributed by atoms with Gasteiger partial charge in [0.25, 0.3) is 5.91 Å². The van der Waals surface area contributed by atoms with Crippen molar-refractivity contribution >= 4 is 17.2 Å². The van der Waals surface area contributed by atoms with Gasteiger partial charge in [-0.3, -0.25) is 4.79 Å². The Hall–Kier alpha value is -1.31. The Morgan fingerprint density at radius 2 is 2.25 bits per heavy atom. The molecule has 1 fully saturated rings. The van der Waals surface area contributed by atoms with Crippen LogP contribution in [0.2, 0.25) is 0 Å². The molecule has 1 amide bonds. The summed E-state index contributed by atoms with van der Waals surface area (Å²) < 4.78 is 0. The molecule has 2 N–H and O–H groups in total. The zero-order chi connectivity index (χ0) is 14.5. The summed E-state index contributed by atoms with van der Waals surface area (Å²) in [6.07, 6.45) is 4.85. The van der Waals surface area contributed by atoms with E-state index in [4.69, 9.17) is 5.73 Å². The third-order valence-corrected chi connectivity index (χ3v) is 4.89. The van der Waals surface area contributed by atoms with Crippen LogP contribution in [0.3, 0.4) is 0 Å². The van der Waals surface area contributed by atoms with Gasteiger partial charge in [-0.15, -0.1) is 11.3 Å². The van der Waals surface area contributed by atoms with Crippen LogP contribution in [-0.4, -0.2) is 30.4 Å². The van der Waals surface area contributed by atoms with Crippen molar-refractivity contribution in [2.75, 3.05) is 13.6 Å². The highest BCUT2D eigenvalue weighted by atomic mass is 32.1. The highest BCUT2D eigenvalue weighted by Gasteiger charge is 2.28. The summed E-state index contributed by atoms with van der Waals surface area (Å²) in [6, 6.07) is 2.24. The highest BCUT2D eigenvalue weighted by molar-refractivity contribution is 7.10. The topological polar surface area (TPSA) is 46.3 Å². The van der Waals surface area contributed by atoms with Crippen molar-refractivity contribution in [1.82, 2.24) is 4.90 Å². The van der Waals surface area contributed by atoms with Gasteiger partial charge < -0.3 is 10.6 Å². The first kappa shape index (κ1) is 15.1. The van der Waals surface area contributed by atoms with Crippen molar-refractivity contribution in [3.63, 3.8) is 0 Å². The molecule has 1 aromatic heterocycles. The van der Waals surface area contributed by atoms with Gasteiger partial charge in [-0.05, 0) is 24.8 Å². The Morgan fingerprint density at radius 3 is 2.95 bits per heavy atom. The van der Waals surface area contributed by atoms with Gasteiger partial charge in [-0.25, -0.2) is 0 Å². The number of nitrogens with zero attached hydrogens (tertiary/aromatic N) is 1. The number of hydrogen-bond donors (Lipinski definition) is 1. The Kier molecular flexibility index (Phi) is 5.22. The fraction of sp³-hybridized carbons (Fsp3) is 0.562. The van der Waals surface area contributed by atoms with Crippen molar-refractivity contribution < 1.29 is 4.79 Å². The Balaban J connectivity index is 2.08. The van der Waals surface area contributed by atoms with Gasteiger partial charge in [-0.1, -0.05) is 31.6 Å². The molecule has 3 nitrogen and oxygen atoms in total. The lowest BCUT2D eigenvalue weighted by Gasteiger charge is -2.36. The predicted octanol–water partition coefficient (Wildman–Crippen LogP) is 2.71. The van der Waals surface area contributed by atoms with Gasteiger partial charge in [0.1, 0.15) is 0 Å². The SMILES string of the molecule is CC1CCCCC1N(C)C(=O)c1csc(C#CCN)c1. The zero-order valence-corrected chi connectivity index (χ0v) is 13.0. The number of amides is 1. The lowest BCUT2D eigenvalue weighted by molar-refractivity contribution is 0.0629. The standard InChI is InChI=1S/C16H22N2OS/c1-12-6-3-4-8-15(12)18(2)16(19)13-10-14(20-11-13)7-5-9-17/h10-12,15H,3-4,6,8-9,17H2,1-2H3. The molecule has 0 spiro atoms. The molecule has 0 saturated heterocycles. The van der Waals surface area contributed by atoms with Crippen molar-refractivity contribution in [3.8, 4) is 11.8 Å². The number of thiophene rings is 1. The Labute approximate surface area is 125 Å². The third kappa shape index (κ3) is 3.41. The van der Waals surface area contributed by atoms with E-state index in [0.29, 0.717) is 18.5 Å². The molecule has 1 aliphatic carbocycles. The van der Waals surface area contributed by atoms with Gasteiger partial charge in [0.2, 0.25) is 0 Å². The van der Waals surface area contributed by atoms with Crippen LogP contribution in [0, 0.1) is 17.8 Å². The second-order valence-electron chi connectivity index (χ2n) is 5.45. The first-order valence-electron chi connectivity index (χ1n) is 7.18. The van der Waals surface area contributed by atoms with E-state index < -0.39 is 0 Å². The first-order valence-corrected chi connectivity index (χ1v) is 8.06. The van der Waals surface area contributed by atoms with E-state index >= 15 is 0 Å². The molecule has 2 rings (SSSR count). The second-order valence-corrected chi connectivity index (χ2v) is 6.36. The normalized spacial score (nSPS) is 21.9. The van der Waals surface area contributed by atoms with E-state index in [-0.39, 0.29) is 5.91 Å². The quantitative estimate of drug-likeness (QED) is 0.851.